The Morgan fingerprint density at radius 2 is 2.05 bits per heavy atom. The first-order chi connectivity index (χ1) is 9.01. The molecule has 1 aliphatic heterocycles. The van der Waals surface area contributed by atoms with Gasteiger partial charge in [-0.25, -0.2) is 0 Å². The van der Waals surface area contributed by atoms with Crippen molar-refractivity contribution < 1.29 is 9.47 Å². The minimum absolute atomic E-state index is 0.209. The van der Waals surface area contributed by atoms with Gasteiger partial charge in [-0.1, -0.05) is 11.6 Å². The highest BCUT2D eigenvalue weighted by Crippen LogP contribution is 2.50. The summed E-state index contributed by atoms with van der Waals surface area (Å²) in [6.45, 7) is 1.87. The standard InChI is InChI=1S/C14H19ClN2O2/c1-17-7-10(8-17)19-13-11(14(16)3-4-14)5-9(15)6-12(13)18-2/h5-6,10H,3-4,7-8,16H2,1-2H3. The molecule has 104 valence electrons. The molecule has 2 fully saturated rings. The molecule has 0 radical (unpaired) electrons. The highest BCUT2D eigenvalue weighted by molar-refractivity contribution is 6.30. The van der Waals surface area contributed by atoms with Crippen LogP contribution >= 0.6 is 11.6 Å². The van der Waals surface area contributed by atoms with Gasteiger partial charge in [0.05, 0.1) is 7.11 Å². The molecule has 19 heavy (non-hydrogen) atoms. The number of halogens is 1. The monoisotopic (exact) mass is 282 g/mol. The van der Waals surface area contributed by atoms with E-state index in [2.05, 4.69) is 11.9 Å². The predicted octanol–water partition coefficient (Wildman–Crippen LogP) is 1.99. The maximum Gasteiger partial charge on any atom is 0.166 e. The van der Waals surface area contributed by atoms with E-state index in [-0.39, 0.29) is 11.6 Å². The van der Waals surface area contributed by atoms with Gasteiger partial charge in [0.2, 0.25) is 0 Å². The summed E-state index contributed by atoms with van der Waals surface area (Å²) in [4.78, 5) is 2.21. The fraction of sp³-hybridized carbons (Fsp3) is 0.571. The van der Waals surface area contributed by atoms with E-state index in [0.29, 0.717) is 10.8 Å². The van der Waals surface area contributed by atoms with E-state index in [0.717, 1.165) is 37.2 Å². The first kappa shape index (κ1) is 13.0. The number of benzene rings is 1. The van der Waals surface area contributed by atoms with E-state index in [9.17, 15) is 0 Å². The van der Waals surface area contributed by atoms with Gasteiger partial charge in [0.25, 0.3) is 0 Å². The Morgan fingerprint density at radius 1 is 1.37 bits per heavy atom. The van der Waals surface area contributed by atoms with Crippen molar-refractivity contribution in [2.45, 2.75) is 24.5 Å². The molecule has 1 aromatic rings. The second-order valence-corrected chi connectivity index (χ2v) is 6.04. The topological polar surface area (TPSA) is 47.7 Å². The van der Waals surface area contributed by atoms with Crippen LogP contribution < -0.4 is 15.2 Å². The van der Waals surface area contributed by atoms with Crippen molar-refractivity contribution in [3.63, 3.8) is 0 Å². The zero-order chi connectivity index (χ0) is 13.6. The molecule has 2 N–H and O–H groups in total. The molecule has 1 saturated carbocycles. The molecular weight excluding hydrogens is 264 g/mol. The number of nitrogens with two attached hydrogens (primary N) is 1. The first-order valence-corrected chi connectivity index (χ1v) is 6.92. The Kier molecular flexibility index (Phi) is 3.12. The van der Waals surface area contributed by atoms with E-state index in [1.54, 1.807) is 13.2 Å². The van der Waals surface area contributed by atoms with Crippen molar-refractivity contribution in [3.05, 3.63) is 22.7 Å². The van der Waals surface area contributed by atoms with Crippen LogP contribution in [0.5, 0.6) is 11.5 Å². The number of likely N-dealkylation sites (N-methyl/N-ethyl adjacent to an activating group) is 1. The van der Waals surface area contributed by atoms with E-state index in [1.165, 1.54) is 0 Å². The lowest BCUT2D eigenvalue weighted by Gasteiger charge is -2.37. The molecule has 0 amide bonds. The maximum atomic E-state index is 6.32. The number of nitrogens with zero attached hydrogens (tertiary/aromatic N) is 1. The molecule has 5 heteroatoms. The fourth-order valence-corrected chi connectivity index (χ4v) is 2.71. The summed E-state index contributed by atoms with van der Waals surface area (Å²) in [5.74, 6) is 1.44. The Bertz CT molecular complexity index is 496. The summed E-state index contributed by atoms with van der Waals surface area (Å²) < 4.78 is 11.5. The number of likely N-dealkylation sites (tertiary alicyclic amines) is 1. The van der Waals surface area contributed by atoms with Gasteiger partial charge >= 0.3 is 0 Å². The highest BCUT2D eigenvalue weighted by Gasteiger charge is 2.44. The number of methoxy groups -OCH3 is 1. The molecule has 0 aromatic heterocycles. The molecule has 0 bridgehead atoms. The van der Waals surface area contributed by atoms with Crippen LogP contribution in [0.4, 0.5) is 0 Å². The summed E-state index contributed by atoms with van der Waals surface area (Å²) in [5.41, 5.74) is 7.01. The van der Waals surface area contributed by atoms with Crippen LogP contribution in [0.1, 0.15) is 18.4 Å². The normalized spacial score (nSPS) is 21.9. The van der Waals surface area contributed by atoms with Crippen LogP contribution in [0.25, 0.3) is 0 Å². The lowest BCUT2D eigenvalue weighted by Crippen LogP contribution is -2.51. The van der Waals surface area contributed by atoms with Crippen LogP contribution in [-0.2, 0) is 5.54 Å². The molecule has 2 aliphatic rings. The molecule has 1 aliphatic carbocycles. The third-order valence-electron chi connectivity index (χ3n) is 3.88. The van der Waals surface area contributed by atoms with Gasteiger partial charge in [-0.05, 0) is 26.0 Å². The molecule has 1 saturated heterocycles. The number of ether oxygens (including phenoxy) is 2. The van der Waals surface area contributed by atoms with Gasteiger partial charge in [-0.3, -0.25) is 4.90 Å². The summed E-state index contributed by atoms with van der Waals surface area (Å²) >= 11 is 6.14. The fourth-order valence-electron chi connectivity index (χ4n) is 2.50. The Balaban J connectivity index is 1.94. The third kappa shape index (κ3) is 2.40. The molecule has 0 unspecified atom stereocenters. The lowest BCUT2D eigenvalue weighted by molar-refractivity contribution is 0.0359. The van der Waals surface area contributed by atoms with Gasteiger partial charge in [-0.2, -0.15) is 0 Å². The third-order valence-corrected chi connectivity index (χ3v) is 4.10. The molecule has 0 spiro atoms. The van der Waals surface area contributed by atoms with Crippen molar-refractivity contribution in [2.75, 3.05) is 27.2 Å². The maximum absolute atomic E-state index is 6.32. The van der Waals surface area contributed by atoms with Gasteiger partial charge in [0.1, 0.15) is 6.10 Å². The van der Waals surface area contributed by atoms with Crippen LogP contribution in [0.3, 0.4) is 0 Å². The van der Waals surface area contributed by atoms with E-state index >= 15 is 0 Å². The number of rotatable bonds is 4. The lowest BCUT2D eigenvalue weighted by atomic mass is 10.0. The van der Waals surface area contributed by atoms with Crippen LogP contribution in [-0.4, -0.2) is 38.3 Å². The van der Waals surface area contributed by atoms with E-state index < -0.39 is 0 Å². The summed E-state index contributed by atoms with van der Waals surface area (Å²) in [6, 6.07) is 3.70. The van der Waals surface area contributed by atoms with Crippen molar-refractivity contribution in [2.24, 2.45) is 5.73 Å². The van der Waals surface area contributed by atoms with Gasteiger partial charge in [-0.15, -0.1) is 0 Å². The largest absolute Gasteiger partial charge is 0.493 e. The molecule has 1 heterocycles. The molecular formula is C14H19ClN2O2. The first-order valence-electron chi connectivity index (χ1n) is 6.54. The van der Waals surface area contributed by atoms with E-state index in [4.69, 9.17) is 26.8 Å². The number of hydrogen-bond acceptors (Lipinski definition) is 4. The molecule has 0 atom stereocenters. The van der Waals surface area contributed by atoms with Crippen molar-refractivity contribution in [1.29, 1.82) is 0 Å². The van der Waals surface area contributed by atoms with Crippen LogP contribution in [0, 0.1) is 0 Å². The zero-order valence-corrected chi connectivity index (χ0v) is 12.0. The SMILES string of the molecule is COc1cc(Cl)cc(C2(N)CC2)c1OC1CN(C)C1. The van der Waals surface area contributed by atoms with E-state index in [1.807, 2.05) is 6.07 Å². The Morgan fingerprint density at radius 3 is 2.58 bits per heavy atom. The van der Waals surface area contributed by atoms with Crippen LogP contribution in [0.2, 0.25) is 5.02 Å². The van der Waals surface area contributed by atoms with Gasteiger partial charge in [0, 0.05) is 35.3 Å². The Labute approximate surface area is 118 Å². The van der Waals surface area contributed by atoms with Crippen molar-refractivity contribution in [1.82, 2.24) is 4.90 Å². The van der Waals surface area contributed by atoms with Gasteiger partial charge in [0.15, 0.2) is 11.5 Å². The van der Waals surface area contributed by atoms with Crippen molar-refractivity contribution >= 4 is 11.6 Å². The predicted molar refractivity (Wildman–Crippen MR) is 75.0 cm³/mol. The quantitative estimate of drug-likeness (QED) is 0.917. The average Bonchev–Trinajstić information content (AvgIpc) is 3.07. The van der Waals surface area contributed by atoms with Crippen molar-refractivity contribution in [3.8, 4) is 11.5 Å². The second-order valence-electron chi connectivity index (χ2n) is 5.60. The van der Waals surface area contributed by atoms with Gasteiger partial charge < -0.3 is 15.2 Å². The number of hydrogen-bond donors (Lipinski definition) is 1. The zero-order valence-electron chi connectivity index (χ0n) is 11.3. The minimum Gasteiger partial charge on any atom is -0.493 e. The smallest absolute Gasteiger partial charge is 0.166 e. The minimum atomic E-state index is -0.289. The summed E-state index contributed by atoms with van der Waals surface area (Å²) in [5, 5.41) is 0.640. The Hall–Kier alpha value is -0.970. The second kappa shape index (κ2) is 4.54. The molecule has 1 aromatic carbocycles. The summed E-state index contributed by atoms with van der Waals surface area (Å²) in [6.07, 6.45) is 2.15. The molecule has 3 rings (SSSR count). The average molecular weight is 283 g/mol. The highest BCUT2D eigenvalue weighted by atomic mass is 35.5. The van der Waals surface area contributed by atoms with Crippen LogP contribution in [0.15, 0.2) is 12.1 Å². The summed E-state index contributed by atoms with van der Waals surface area (Å²) in [7, 11) is 3.70. The molecule has 4 nitrogen and oxygen atoms in total.